The van der Waals surface area contributed by atoms with Crippen LogP contribution < -0.4 is 0 Å². The third-order valence-corrected chi connectivity index (χ3v) is 3.75. The Kier molecular flexibility index (Phi) is 2.83. The minimum Gasteiger partial charge on any atom is -0.481 e. The summed E-state index contributed by atoms with van der Waals surface area (Å²) in [6, 6.07) is 2.00. The zero-order chi connectivity index (χ0) is 13.4. The van der Waals surface area contributed by atoms with E-state index in [4.69, 9.17) is 5.11 Å². The molecule has 6 nitrogen and oxygen atoms in total. The summed E-state index contributed by atoms with van der Waals surface area (Å²) in [4.78, 5) is 15.8. The summed E-state index contributed by atoms with van der Waals surface area (Å²) in [5, 5.41) is 13.8. The van der Waals surface area contributed by atoms with Gasteiger partial charge in [-0.2, -0.15) is 5.10 Å². The Morgan fingerprint density at radius 2 is 2.32 bits per heavy atom. The van der Waals surface area contributed by atoms with E-state index in [0.29, 0.717) is 6.42 Å². The first-order valence-corrected chi connectivity index (χ1v) is 6.63. The number of rotatable bonds is 4. The largest absolute Gasteiger partial charge is 0.481 e. The Bertz CT molecular complexity index is 708. The summed E-state index contributed by atoms with van der Waals surface area (Å²) in [5.74, 6) is -0.808. The first-order valence-electron chi connectivity index (χ1n) is 5.81. The molecule has 3 heterocycles. The van der Waals surface area contributed by atoms with Crippen LogP contribution in [0.4, 0.5) is 0 Å². The third kappa shape index (κ3) is 2.37. The van der Waals surface area contributed by atoms with Gasteiger partial charge in [-0.3, -0.25) is 4.79 Å². The molecule has 3 aromatic rings. The highest BCUT2D eigenvalue weighted by Crippen LogP contribution is 2.22. The molecule has 0 aliphatic rings. The highest BCUT2D eigenvalue weighted by Gasteiger charge is 2.11. The van der Waals surface area contributed by atoms with Crippen LogP contribution in [0.5, 0.6) is 0 Å². The molecule has 0 atom stereocenters. The molecular weight excluding hydrogens is 264 g/mol. The predicted octanol–water partition coefficient (Wildman–Crippen LogP) is 1.81. The van der Waals surface area contributed by atoms with Crippen molar-refractivity contribution in [3.05, 3.63) is 29.7 Å². The lowest BCUT2D eigenvalue weighted by Crippen LogP contribution is -1.97. The van der Waals surface area contributed by atoms with Crippen molar-refractivity contribution in [3.8, 4) is 11.3 Å². The van der Waals surface area contributed by atoms with Crippen LogP contribution in [0.2, 0.25) is 0 Å². The molecular formula is C12H12N4O2S. The van der Waals surface area contributed by atoms with Gasteiger partial charge in [0.1, 0.15) is 5.01 Å². The van der Waals surface area contributed by atoms with Crippen molar-refractivity contribution >= 4 is 22.3 Å². The maximum Gasteiger partial charge on any atom is 0.303 e. The van der Waals surface area contributed by atoms with Gasteiger partial charge in [-0.25, -0.2) is 9.50 Å². The summed E-state index contributed by atoms with van der Waals surface area (Å²) in [6.07, 6.45) is 6.38. The molecule has 3 aromatic heterocycles. The van der Waals surface area contributed by atoms with Crippen molar-refractivity contribution in [2.45, 2.75) is 12.8 Å². The number of hydrogen-bond acceptors (Lipinski definition) is 4. The summed E-state index contributed by atoms with van der Waals surface area (Å²) in [5.41, 5.74) is 1.93. The average molecular weight is 276 g/mol. The molecule has 19 heavy (non-hydrogen) atoms. The van der Waals surface area contributed by atoms with Crippen molar-refractivity contribution in [1.82, 2.24) is 19.2 Å². The van der Waals surface area contributed by atoms with Crippen LogP contribution in [0, 0.1) is 0 Å². The Morgan fingerprint density at radius 3 is 2.95 bits per heavy atom. The maximum atomic E-state index is 10.5. The number of aromatic nitrogens is 4. The van der Waals surface area contributed by atoms with E-state index in [1.165, 1.54) is 11.3 Å². The molecule has 0 aliphatic heterocycles. The minimum atomic E-state index is -0.808. The quantitative estimate of drug-likeness (QED) is 0.789. The van der Waals surface area contributed by atoms with E-state index in [1.54, 1.807) is 4.52 Å². The van der Waals surface area contributed by atoms with E-state index < -0.39 is 5.97 Å². The topological polar surface area (TPSA) is 72.4 Å². The molecule has 0 bridgehead atoms. The first-order chi connectivity index (χ1) is 9.11. The predicted molar refractivity (Wildman–Crippen MR) is 71.2 cm³/mol. The molecule has 3 rings (SSSR count). The molecule has 0 saturated carbocycles. The highest BCUT2D eigenvalue weighted by atomic mass is 32.1. The van der Waals surface area contributed by atoms with Gasteiger partial charge in [0.25, 0.3) is 0 Å². The Morgan fingerprint density at radius 1 is 1.47 bits per heavy atom. The summed E-state index contributed by atoms with van der Waals surface area (Å²) < 4.78 is 3.68. The summed E-state index contributed by atoms with van der Waals surface area (Å²) in [6.45, 7) is 0. The van der Waals surface area contributed by atoms with Crippen LogP contribution >= 0.6 is 11.3 Å². The van der Waals surface area contributed by atoms with Gasteiger partial charge >= 0.3 is 5.97 Å². The van der Waals surface area contributed by atoms with Crippen LogP contribution in [0.3, 0.4) is 0 Å². The van der Waals surface area contributed by atoms with Gasteiger partial charge in [-0.1, -0.05) is 11.3 Å². The third-order valence-electron chi connectivity index (χ3n) is 2.77. The van der Waals surface area contributed by atoms with Crippen molar-refractivity contribution in [2.24, 2.45) is 7.05 Å². The van der Waals surface area contributed by atoms with Gasteiger partial charge in [0.05, 0.1) is 18.3 Å². The number of carbonyl (C=O) groups is 1. The lowest BCUT2D eigenvalue weighted by atomic mass is 10.3. The number of fused-ring (bicyclic) bond motifs is 1. The highest BCUT2D eigenvalue weighted by molar-refractivity contribution is 7.16. The normalized spacial score (nSPS) is 11.2. The molecule has 0 aliphatic carbocycles. The van der Waals surface area contributed by atoms with Crippen LogP contribution in [-0.2, 0) is 18.3 Å². The van der Waals surface area contributed by atoms with E-state index in [1.807, 2.05) is 36.3 Å². The second kappa shape index (κ2) is 4.51. The Balaban J connectivity index is 1.87. The van der Waals surface area contributed by atoms with Crippen molar-refractivity contribution in [3.63, 3.8) is 0 Å². The number of carboxylic acids is 1. The molecule has 0 radical (unpaired) electrons. The van der Waals surface area contributed by atoms with Crippen molar-refractivity contribution < 1.29 is 9.90 Å². The maximum absolute atomic E-state index is 10.5. The number of nitrogens with zero attached hydrogens (tertiary/aromatic N) is 4. The molecule has 98 valence electrons. The SMILES string of the molecule is Cn1ccc(-c2cn3nc(CCC(=O)O)sc3n2)c1. The number of imidazole rings is 1. The van der Waals surface area contributed by atoms with Gasteiger partial charge < -0.3 is 9.67 Å². The lowest BCUT2D eigenvalue weighted by molar-refractivity contribution is -0.136. The molecule has 0 aromatic carbocycles. The Labute approximate surface area is 112 Å². The van der Waals surface area contributed by atoms with E-state index in [0.717, 1.165) is 21.2 Å². The van der Waals surface area contributed by atoms with Gasteiger partial charge in [-0.05, 0) is 6.07 Å². The molecule has 0 spiro atoms. The van der Waals surface area contributed by atoms with Crippen molar-refractivity contribution in [1.29, 1.82) is 0 Å². The smallest absolute Gasteiger partial charge is 0.303 e. The van der Waals surface area contributed by atoms with E-state index in [2.05, 4.69) is 10.1 Å². The average Bonchev–Trinajstić information content (AvgIpc) is 2.99. The number of carboxylic acid groups (broad SMARTS) is 1. The number of hydrogen-bond donors (Lipinski definition) is 1. The summed E-state index contributed by atoms with van der Waals surface area (Å²) >= 11 is 1.43. The second-order valence-electron chi connectivity index (χ2n) is 4.31. The molecule has 0 amide bonds. The first kappa shape index (κ1) is 11.9. The fraction of sp³-hybridized carbons (Fsp3) is 0.250. The standard InChI is InChI=1S/C12H12N4O2S/c1-15-5-4-8(6-15)9-7-16-12(13-9)19-10(14-16)2-3-11(17)18/h4-7H,2-3H2,1H3,(H,17,18). The van der Waals surface area contributed by atoms with Crippen LogP contribution in [-0.4, -0.2) is 30.2 Å². The van der Waals surface area contributed by atoms with Gasteiger partial charge in [0, 0.05) is 31.4 Å². The number of aliphatic carboxylic acids is 1. The van der Waals surface area contributed by atoms with E-state index >= 15 is 0 Å². The lowest BCUT2D eigenvalue weighted by Gasteiger charge is -1.90. The van der Waals surface area contributed by atoms with Gasteiger partial charge in [-0.15, -0.1) is 0 Å². The zero-order valence-electron chi connectivity index (χ0n) is 10.3. The molecule has 0 saturated heterocycles. The molecule has 0 fully saturated rings. The zero-order valence-corrected chi connectivity index (χ0v) is 11.1. The monoisotopic (exact) mass is 276 g/mol. The fourth-order valence-electron chi connectivity index (χ4n) is 1.85. The summed E-state index contributed by atoms with van der Waals surface area (Å²) in [7, 11) is 1.96. The van der Waals surface area contributed by atoms with E-state index in [-0.39, 0.29) is 6.42 Å². The van der Waals surface area contributed by atoms with Crippen molar-refractivity contribution in [2.75, 3.05) is 0 Å². The fourth-order valence-corrected chi connectivity index (χ4v) is 2.72. The van der Waals surface area contributed by atoms with Crippen LogP contribution in [0.1, 0.15) is 11.4 Å². The van der Waals surface area contributed by atoms with Crippen LogP contribution in [0.15, 0.2) is 24.7 Å². The molecule has 1 N–H and O–H groups in total. The van der Waals surface area contributed by atoms with Crippen LogP contribution in [0.25, 0.3) is 16.2 Å². The van der Waals surface area contributed by atoms with Gasteiger partial charge in [0.15, 0.2) is 0 Å². The van der Waals surface area contributed by atoms with E-state index in [9.17, 15) is 4.79 Å². The molecule has 7 heteroatoms. The second-order valence-corrected chi connectivity index (χ2v) is 5.35. The number of aryl methyl sites for hydroxylation is 2. The minimum absolute atomic E-state index is 0.0994. The molecule has 0 unspecified atom stereocenters. The Hall–Kier alpha value is -2.15. The van der Waals surface area contributed by atoms with Gasteiger partial charge in [0.2, 0.25) is 4.96 Å².